The molecule has 0 saturated heterocycles. The average Bonchev–Trinajstić information content (AvgIpc) is 2.70. The lowest BCUT2D eigenvalue weighted by atomic mass is 9.79. The Morgan fingerprint density at radius 1 is 0.926 bits per heavy atom. The van der Waals surface area contributed by atoms with Crippen molar-refractivity contribution in [2.45, 2.75) is 96.2 Å². The molecule has 2 aliphatic carbocycles. The van der Waals surface area contributed by atoms with Crippen LogP contribution in [0.15, 0.2) is 24.3 Å². The molecule has 2 aliphatic rings. The van der Waals surface area contributed by atoms with E-state index in [0.29, 0.717) is 17.6 Å². The van der Waals surface area contributed by atoms with E-state index in [4.69, 9.17) is 9.47 Å². The molecule has 1 aromatic rings. The number of benzene rings is 1. The second-order valence-corrected chi connectivity index (χ2v) is 8.61. The summed E-state index contributed by atoms with van der Waals surface area (Å²) in [4.78, 5) is 12.5. The fourth-order valence-electron chi connectivity index (χ4n) is 4.42. The van der Waals surface area contributed by atoms with Crippen LogP contribution in [0.1, 0.15) is 99.9 Å². The number of unbranched alkanes of at least 4 members (excludes halogenated alkanes) is 1. The summed E-state index contributed by atoms with van der Waals surface area (Å²) in [6, 6.07) is 8.18. The highest BCUT2D eigenvalue weighted by Crippen LogP contribution is 2.35. The minimum absolute atomic E-state index is 0.0445. The third-order valence-corrected chi connectivity index (χ3v) is 6.38. The van der Waals surface area contributed by atoms with Gasteiger partial charge in [-0.05, 0) is 74.5 Å². The minimum atomic E-state index is -0.172. The third-order valence-electron chi connectivity index (χ3n) is 6.38. The van der Waals surface area contributed by atoms with Crippen LogP contribution in [0, 0.1) is 5.92 Å². The normalized spacial score (nSPS) is 28.7. The Labute approximate surface area is 164 Å². The first kappa shape index (κ1) is 20.4. The van der Waals surface area contributed by atoms with Gasteiger partial charge >= 0.3 is 5.97 Å². The van der Waals surface area contributed by atoms with Crippen LogP contribution in [0.3, 0.4) is 0 Å². The third kappa shape index (κ3) is 6.07. The maximum Gasteiger partial charge on any atom is 0.338 e. The van der Waals surface area contributed by atoms with Crippen molar-refractivity contribution in [3.63, 3.8) is 0 Å². The summed E-state index contributed by atoms with van der Waals surface area (Å²) in [5.74, 6) is 1.35. The fraction of sp³-hybridized carbons (Fsp3) is 0.708. The van der Waals surface area contributed by atoms with Crippen LogP contribution in [0.5, 0.6) is 0 Å². The van der Waals surface area contributed by atoms with Gasteiger partial charge in [0.05, 0.1) is 11.7 Å². The Hall–Kier alpha value is -1.35. The molecule has 3 nitrogen and oxygen atoms in total. The van der Waals surface area contributed by atoms with Crippen LogP contribution in [0.4, 0.5) is 0 Å². The van der Waals surface area contributed by atoms with Crippen molar-refractivity contribution < 1.29 is 14.3 Å². The molecule has 150 valence electrons. The molecule has 1 aromatic carbocycles. The molecule has 2 saturated carbocycles. The van der Waals surface area contributed by atoms with Crippen molar-refractivity contribution in [3.8, 4) is 0 Å². The van der Waals surface area contributed by atoms with Crippen molar-refractivity contribution >= 4 is 5.97 Å². The number of hydrogen-bond acceptors (Lipinski definition) is 3. The van der Waals surface area contributed by atoms with Gasteiger partial charge < -0.3 is 9.47 Å². The molecular formula is C24H36O3. The summed E-state index contributed by atoms with van der Waals surface area (Å²) in [6.45, 7) is 5.39. The van der Waals surface area contributed by atoms with Gasteiger partial charge in [-0.2, -0.15) is 0 Å². The standard InChI is InChI=1S/C24H36O3/c1-3-4-17-26-22-13-15-23(16-14-22)27-24(25)21-11-9-20(10-12-21)19-7-5-18(2)6-8-19/h9-12,18-19,22-23H,3-8,13-17H2,1-2H3. The molecule has 3 heteroatoms. The van der Waals surface area contributed by atoms with Gasteiger partial charge in [0.1, 0.15) is 6.10 Å². The van der Waals surface area contributed by atoms with E-state index in [1.807, 2.05) is 12.1 Å². The summed E-state index contributed by atoms with van der Waals surface area (Å²) < 4.78 is 11.7. The number of carbonyl (C=O) groups excluding carboxylic acids is 1. The lowest BCUT2D eigenvalue weighted by Crippen LogP contribution is -2.28. The molecule has 0 heterocycles. The second-order valence-electron chi connectivity index (χ2n) is 8.61. The zero-order valence-electron chi connectivity index (χ0n) is 17.1. The van der Waals surface area contributed by atoms with E-state index in [9.17, 15) is 4.79 Å². The fourth-order valence-corrected chi connectivity index (χ4v) is 4.42. The highest BCUT2D eigenvalue weighted by Gasteiger charge is 2.25. The van der Waals surface area contributed by atoms with Crippen molar-refractivity contribution in [3.05, 3.63) is 35.4 Å². The number of ether oxygens (including phenoxy) is 2. The Bertz CT molecular complexity index is 564. The number of rotatable bonds is 7. The molecule has 0 amide bonds. The lowest BCUT2D eigenvalue weighted by molar-refractivity contribution is -0.0201. The average molecular weight is 373 g/mol. The maximum atomic E-state index is 12.5. The zero-order chi connectivity index (χ0) is 19.1. The quantitative estimate of drug-likeness (QED) is 0.418. The first-order chi connectivity index (χ1) is 13.2. The Balaban J connectivity index is 1.43. The molecule has 0 aliphatic heterocycles. The van der Waals surface area contributed by atoms with Gasteiger partial charge in [-0.1, -0.05) is 45.2 Å². The molecule has 0 unspecified atom stereocenters. The van der Waals surface area contributed by atoms with Crippen molar-refractivity contribution in [1.29, 1.82) is 0 Å². The molecule has 0 N–H and O–H groups in total. The lowest BCUT2D eigenvalue weighted by Gasteiger charge is -2.28. The van der Waals surface area contributed by atoms with Crippen LogP contribution in [-0.2, 0) is 9.47 Å². The van der Waals surface area contributed by atoms with Crippen LogP contribution in [-0.4, -0.2) is 24.8 Å². The largest absolute Gasteiger partial charge is 0.459 e. The molecule has 27 heavy (non-hydrogen) atoms. The van der Waals surface area contributed by atoms with Gasteiger partial charge in [0.25, 0.3) is 0 Å². The molecule has 0 atom stereocenters. The topological polar surface area (TPSA) is 35.5 Å². The molecule has 0 bridgehead atoms. The molecule has 2 fully saturated rings. The molecule has 3 rings (SSSR count). The Morgan fingerprint density at radius 3 is 2.19 bits per heavy atom. The summed E-state index contributed by atoms with van der Waals surface area (Å²) in [5.41, 5.74) is 2.06. The molecule has 0 radical (unpaired) electrons. The van der Waals surface area contributed by atoms with Gasteiger partial charge in [0.15, 0.2) is 0 Å². The SMILES string of the molecule is CCCCOC1CCC(OC(=O)c2ccc(C3CCC(C)CC3)cc2)CC1. The van der Waals surface area contributed by atoms with Crippen molar-refractivity contribution in [1.82, 2.24) is 0 Å². The van der Waals surface area contributed by atoms with Gasteiger partial charge in [-0.3, -0.25) is 0 Å². The van der Waals surface area contributed by atoms with Crippen LogP contribution >= 0.6 is 0 Å². The van der Waals surface area contributed by atoms with Crippen LogP contribution in [0.2, 0.25) is 0 Å². The predicted octanol–water partition coefficient (Wildman–Crippen LogP) is 6.27. The minimum Gasteiger partial charge on any atom is -0.459 e. The highest BCUT2D eigenvalue weighted by molar-refractivity contribution is 5.89. The second kappa shape index (κ2) is 10.3. The first-order valence-corrected chi connectivity index (χ1v) is 11.1. The van der Waals surface area contributed by atoms with Gasteiger partial charge in [-0.25, -0.2) is 4.79 Å². The smallest absolute Gasteiger partial charge is 0.338 e. The Morgan fingerprint density at radius 2 is 1.56 bits per heavy atom. The van der Waals surface area contributed by atoms with E-state index in [-0.39, 0.29) is 12.1 Å². The summed E-state index contributed by atoms with van der Waals surface area (Å²) in [7, 11) is 0. The van der Waals surface area contributed by atoms with Gasteiger partial charge in [-0.15, -0.1) is 0 Å². The van der Waals surface area contributed by atoms with Crippen LogP contribution in [0.25, 0.3) is 0 Å². The van der Waals surface area contributed by atoms with E-state index in [2.05, 4.69) is 26.0 Å². The predicted molar refractivity (Wildman–Crippen MR) is 109 cm³/mol. The molecular weight excluding hydrogens is 336 g/mol. The summed E-state index contributed by atoms with van der Waals surface area (Å²) >= 11 is 0. The zero-order valence-corrected chi connectivity index (χ0v) is 17.1. The van der Waals surface area contributed by atoms with E-state index < -0.39 is 0 Å². The molecule has 0 spiro atoms. The van der Waals surface area contributed by atoms with E-state index in [1.54, 1.807) is 0 Å². The van der Waals surface area contributed by atoms with Gasteiger partial charge in [0.2, 0.25) is 0 Å². The van der Waals surface area contributed by atoms with Crippen molar-refractivity contribution in [2.24, 2.45) is 5.92 Å². The Kier molecular flexibility index (Phi) is 7.75. The number of esters is 1. The van der Waals surface area contributed by atoms with E-state index >= 15 is 0 Å². The highest BCUT2D eigenvalue weighted by atomic mass is 16.5. The molecule has 0 aromatic heterocycles. The maximum absolute atomic E-state index is 12.5. The van der Waals surface area contributed by atoms with Gasteiger partial charge in [0, 0.05) is 6.61 Å². The monoisotopic (exact) mass is 372 g/mol. The van der Waals surface area contributed by atoms with Crippen LogP contribution < -0.4 is 0 Å². The first-order valence-electron chi connectivity index (χ1n) is 11.1. The van der Waals surface area contributed by atoms with Crippen molar-refractivity contribution in [2.75, 3.05) is 6.61 Å². The van der Waals surface area contributed by atoms with E-state index in [1.165, 1.54) is 37.7 Å². The summed E-state index contributed by atoms with van der Waals surface area (Å²) in [5, 5.41) is 0. The number of hydrogen-bond donors (Lipinski definition) is 0. The van der Waals surface area contributed by atoms with E-state index in [0.717, 1.165) is 44.6 Å². The number of carbonyl (C=O) groups is 1. The summed E-state index contributed by atoms with van der Waals surface area (Å²) in [6.07, 6.45) is 11.7.